The lowest BCUT2D eigenvalue weighted by molar-refractivity contribution is -0.131. The molecule has 2 fully saturated rings. The average molecular weight is 389 g/mol. The van der Waals surface area contributed by atoms with Crippen molar-refractivity contribution in [2.24, 2.45) is 11.7 Å². The van der Waals surface area contributed by atoms with Crippen molar-refractivity contribution in [3.8, 4) is 0 Å². The Morgan fingerprint density at radius 1 is 1.11 bits per heavy atom. The van der Waals surface area contributed by atoms with E-state index in [0.29, 0.717) is 18.9 Å². The standard InChI is InChI=1S/C21H25F2N3O2/c22-15-3-4-18(23)17(5-15)20-19(24)6-16(11-28-20)25-7-13-9-26(10-14(13)8-25)21(27)12-1-2-12/h3-5,12,16,19-20H,1-2,6-11,24H2/t16-,19+,20-/m1/s1. The molecule has 1 amide bonds. The van der Waals surface area contributed by atoms with Crippen molar-refractivity contribution >= 4 is 5.91 Å². The number of benzene rings is 1. The van der Waals surface area contributed by atoms with Crippen molar-refractivity contribution in [1.82, 2.24) is 9.80 Å². The summed E-state index contributed by atoms with van der Waals surface area (Å²) < 4.78 is 33.5. The van der Waals surface area contributed by atoms with Gasteiger partial charge in [0, 0.05) is 49.7 Å². The minimum Gasteiger partial charge on any atom is -0.370 e. The molecule has 3 heterocycles. The zero-order valence-electron chi connectivity index (χ0n) is 15.7. The van der Waals surface area contributed by atoms with Crippen LogP contribution in [0, 0.1) is 17.6 Å². The van der Waals surface area contributed by atoms with Gasteiger partial charge in [-0.25, -0.2) is 8.78 Å². The highest BCUT2D eigenvalue weighted by molar-refractivity contribution is 5.82. The number of hydrogen-bond donors (Lipinski definition) is 1. The van der Waals surface area contributed by atoms with Gasteiger partial charge in [0.05, 0.1) is 6.61 Å². The van der Waals surface area contributed by atoms with Crippen molar-refractivity contribution in [2.75, 3.05) is 32.8 Å². The summed E-state index contributed by atoms with van der Waals surface area (Å²) in [4.78, 5) is 16.6. The monoisotopic (exact) mass is 389 g/mol. The van der Waals surface area contributed by atoms with Crippen LogP contribution in [0.25, 0.3) is 0 Å². The summed E-state index contributed by atoms with van der Waals surface area (Å²) in [5.41, 5.74) is 9.19. The fraction of sp³-hybridized carbons (Fsp3) is 0.571. The molecule has 0 radical (unpaired) electrons. The van der Waals surface area contributed by atoms with Gasteiger partial charge in [-0.1, -0.05) is 0 Å². The topological polar surface area (TPSA) is 58.8 Å². The third-order valence-electron chi connectivity index (χ3n) is 6.47. The van der Waals surface area contributed by atoms with Gasteiger partial charge in [0.1, 0.15) is 17.7 Å². The number of hydrogen-bond acceptors (Lipinski definition) is 4. The second kappa shape index (κ2) is 6.90. The molecule has 0 spiro atoms. The number of halogens is 2. The Kier molecular flexibility index (Phi) is 4.49. The molecule has 2 N–H and O–H groups in total. The van der Waals surface area contributed by atoms with Crippen molar-refractivity contribution in [3.63, 3.8) is 0 Å². The van der Waals surface area contributed by atoms with E-state index in [2.05, 4.69) is 4.90 Å². The van der Waals surface area contributed by atoms with Crippen LogP contribution in [0.3, 0.4) is 0 Å². The maximum absolute atomic E-state index is 14.1. The zero-order chi connectivity index (χ0) is 19.4. The molecule has 0 bridgehead atoms. The minimum atomic E-state index is -0.624. The first-order valence-electron chi connectivity index (χ1n) is 10.0. The average Bonchev–Trinajstić information content (AvgIpc) is 3.33. The summed E-state index contributed by atoms with van der Waals surface area (Å²) in [6.07, 6.45) is 2.12. The van der Waals surface area contributed by atoms with Gasteiger partial charge in [-0.2, -0.15) is 0 Å². The molecule has 28 heavy (non-hydrogen) atoms. The number of carbonyl (C=O) groups excluding carboxylic acids is 1. The van der Waals surface area contributed by atoms with Crippen LogP contribution < -0.4 is 5.73 Å². The van der Waals surface area contributed by atoms with Gasteiger partial charge in [-0.05, 0) is 48.6 Å². The summed E-state index contributed by atoms with van der Waals surface area (Å²) in [6.45, 7) is 3.61. The maximum atomic E-state index is 14.1. The van der Waals surface area contributed by atoms with Gasteiger partial charge in [0.2, 0.25) is 5.91 Å². The highest BCUT2D eigenvalue weighted by Gasteiger charge is 2.41. The SMILES string of the molecule is N[C@H]1C[C@@H](N2CC3=C(CN(C(=O)C4CC4)C3)C2)CO[C@@H]1c1cc(F)ccc1F. The minimum absolute atomic E-state index is 0.154. The quantitative estimate of drug-likeness (QED) is 0.804. The lowest BCUT2D eigenvalue weighted by Crippen LogP contribution is -2.49. The molecule has 1 aromatic rings. The van der Waals surface area contributed by atoms with E-state index in [1.165, 1.54) is 17.2 Å². The molecule has 3 atom stereocenters. The van der Waals surface area contributed by atoms with Gasteiger partial charge in [-0.15, -0.1) is 0 Å². The molecule has 7 heteroatoms. The summed E-state index contributed by atoms with van der Waals surface area (Å²) in [7, 11) is 0. The maximum Gasteiger partial charge on any atom is 0.226 e. The van der Waals surface area contributed by atoms with Gasteiger partial charge >= 0.3 is 0 Å². The molecule has 5 rings (SSSR count). The van der Waals surface area contributed by atoms with Gasteiger partial charge in [0.15, 0.2) is 0 Å². The molecular formula is C21H25F2N3O2. The number of rotatable bonds is 3. The van der Waals surface area contributed by atoms with Crippen molar-refractivity contribution in [1.29, 1.82) is 0 Å². The van der Waals surface area contributed by atoms with Gasteiger partial charge in [0.25, 0.3) is 0 Å². The molecule has 1 saturated heterocycles. The summed E-state index contributed by atoms with van der Waals surface area (Å²) in [6, 6.07) is 3.16. The normalized spacial score (nSPS) is 30.8. The molecule has 4 aliphatic rings. The van der Waals surface area contributed by atoms with Crippen LogP contribution >= 0.6 is 0 Å². The predicted octanol–water partition coefficient (Wildman–Crippen LogP) is 1.99. The van der Waals surface area contributed by atoms with E-state index in [-0.39, 0.29) is 17.5 Å². The lowest BCUT2D eigenvalue weighted by atomic mass is 9.93. The predicted molar refractivity (Wildman–Crippen MR) is 99.3 cm³/mol. The molecular weight excluding hydrogens is 364 g/mol. The molecule has 150 valence electrons. The van der Waals surface area contributed by atoms with Crippen molar-refractivity contribution < 1.29 is 18.3 Å². The number of amides is 1. The molecule has 1 aliphatic carbocycles. The lowest BCUT2D eigenvalue weighted by Gasteiger charge is -2.39. The highest BCUT2D eigenvalue weighted by atomic mass is 19.1. The third-order valence-corrected chi connectivity index (χ3v) is 6.47. The van der Waals surface area contributed by atoms with Crippen LogP contribution in [0.5, 0.6) is 0 Å². The summed E-state index contributed by atoms with van der Waals surface area (Å²) >= 11 is 0. The molecule has 1 saturated carbocycles. The Labute approximate surface area is 163 Å². The van der Waals surface area contributed by atoms with E-state index in [9.17, 15) is 13.6 Å². The highest BCUT2D eigenvalue weighted by Crippen LogP contribution is 2.37. The smallest absolute Gasteiger partial charge is 0.226 e. The summed E-state index contributed by atoms with van der Waals surface area (Å²) in [5.74, 6) is -0.396. The van der Waals surface area contributed by atoms with Crippen molar-refractivity contribution in [2.45, 2.75) is 37.5 Å². The van der Waals surface area contributed by atoms with E-state index < -0.39 is 23.8 Å². The fourth-order valence-electron chi connectivity index (χ4n) is 4.76. The largest absolute Gasteiger partial charge is 0.370 e. The Balaban J connectivity index is 1.19. The first-order chi connectivity index (χ1) is 13.5. The van der Waals surface area contributed by atoms with Gasteiger partial charge < -0.3 is 15.4 Å². The first kappa shape index (κ1) is 18.2. The molecule has 5 nitrogen and oxygen atoms in total. The van der Waals surface area contributed by atoms with Crippen LogP contribution in [-0.2, 0) is 9.53 Å². The second-order valence-electron chi connectivity index (χ2n) is 8.55. The van der Waals surface area contributed by atoms with Crippen LogP contribution in [0.15, 0.2) is 29.3 Å². The van der Waals surface area contributed by atoms with Crippen LogP contribution in [0.1, 0.15) is 30.9 Å². The first-order valence-corrected chi connectivity index (χ1v) is 10.0. The van der Waals surface area contributed by atoms with E-state index in [1.807, 2.05) is 4.90 Å². The Hall–Kier alpha value is -1.83. The van der Waals surface area contributed by atoms with Crippen LogP contribution in [0.2, 0.25) is 0 Å². The molecule has 0 unspecified atom stereocenters. The fourth-order valence-corrected chi connectivity index (χ4v) is 4.76. The van der Waals surface area contributed by atoms with Gasteiger partial charge in [-0.3, -0.25) is 9.69 Å². The number of nitrogens with two attached hydrogens (primary N) is 1. The third kappa shape index (κ3) is 3.25. The van der Waals surface area contributed by atoms with E-state index in [0.717, 1.165) is 51.2 Å². The number of carbonyl (C=O) groups is 1. The zero-order valence-corrected chi connectivity index (χ0v) is 15.7. The number of nitrogens with zero attached hydrogens (tertiary/aromatic N) is 2. The number of ether oxygens (including phenoxy) is 1. The van der Waals surface area contributed by atoms with Crippen LogP contribution in [-0.4, -0.2) is 60.6 Å². The van der Waals surface area contributed by atoms with E-state index >= 15 is 0 Å². The Morgan fingerprint density at radius 3 is 2.46 bits per heavy atom. The van der Waals surface area contributed by atoms with Crippen LogP contribution in [0.4, 0.5) is 8.78 Å². The Bertz CT molecular complexity index is 821. The molecule has 1 aromatic carbocycles. The van der Waals surface area contributed by atoms with E-state index in [1.54, 1.807) is 0 Å². The molecule has 0 aromatic heterocycles. The Morgan fingerprint density at radius 2 is 1.82 bits per heavy atom. The summed E-state index contributed by atoms with van der Waals surface area (Å²) in [5, 5.41) is 0. The van der Waals surface area contributed by atoms with Crippen molar-refractivity contribution in [3.05, 3.63) is 46.5 Å². The van der Waals surface area contributed by atoms with E-state index in [4.69, 9.17) is 10.5 Å². The second-order valence-corrected chi connectivity index (χ2v) is 8.55. The molecule has 3 aliphatic heterocycles.